The summed E-state index contributed by atoms with van der Waals surface area (Å²) < 4.78 is 5.00. The average molecular weight is 419 g/mol. The Hall–Kier alpha value is -2.95. The van der Waals surface area contributed by atoms with E-state index < -0.39 is 42.0 Å². The van der Waals surface area contributed by atoms with Crippen molar-refractivity contribution < 1.29 is 29.0 Å². The summed E-state index contributed by atoms with van der Waals surface area (Å²) in [5.41, 5.74) is 5.53. The molecule has 0 saturated carbocycles. The number of aliphatic hydroxyl groups is 2. The van der Waals surface area contributed by atoms with E-state index in [2.05, 4.69) is 10.6 Å². The number of primary amides is 1. The van der Waals surface area contributed by atoms with Gasteiger partial charge in [0.05, 0.1) is 18.4 Å². The quantitative estimate of drug-likeness (QED) is 0.415. The fourth-order valence-corrected chi connectivity index (χ4v) is 3.75. The SMILES string of the molecule is NC(=O)[C@H](Cc1cccs1)NC(=O)C1=C[C@@H](NC(=O)c2ccco2)[C@@H](O)[C@H](O)C1. The molecule has 1 aliphatic carbocycles. The van der Waals surface area contributed by atoms with Crippen molar-refractivity contribution in [1.29, 1.82) is 0 Å². The lowest BCUT2D eigenvalue weighted by Crippen LogP contribution is -2.52. The van der Waals surface area contributed by atoms with Crippen LogP contribution in [0.1, 0.15) is 21.9 Å². The molecule has 29 heavy (non-hydrogen) atoms. The molecule has 0 fully saturated rings. The van der Waals surface area contributed by atoms with Crippen molar-refractivity contribution in [2.45, 2.75) is 37.1 Å². The molecule has 0 spiro atoms. The first-order valence-corrected chi connectivity index (χ1v) is 9.77. The summed E-state index contributed by atoms with van der Waals surface area (Å²) in [6.45, 7) is 0. The van der Waals surface area contributed by atoms with E-state index in [1.807, 2.05) is 17.5 Å². The minimum Gasteiger partial charge on any atom is -0.459 e. The predicted octanol–water partition coefficient (Wildman–Crippen LogP) is -0.296. The smallest absolute Gasteiger partial charge is 0.287 e. The van der Waals surface area contributed by atoms with Gasteiger partial charge in [0, 0.05) is 23.3 Å². The molecule has 6 N–H and O–H groups in total. The Morgan fingerprint density at radius 2 is 2.03 bits per heavy atom. The first-order valence-electron chi connectivity index (χ1n) is 8.89. The molecule has 10 heteroatoms. The number of amides is 3. The number of carbonyl (C=O) groups is 3. The Bertz CT molecular complexity index is 893. The van der Waals surface area contributed by atoms with Crippen molar-refractivity contribution >= 4 is 29.1 Å². The molecule has 0 bridgehead atoms. The van der Waals surface area contributed by atoms with Crippen molar-refractivity contribution in [2.24, 2.45) is 5.73 Å². The lowest BCUT2D eigenvalue weighted by Gasteiger charge is -2.31. The number of aliphatic hydroxyl groups excluding tert-OH is 2. The van der Waals surface area contributed by atoms with Crippen LogP contribution < -0.4 is 16.4 Å². The number of thiophene rings is 1. The predicted molar refractivity (Wildman–Crippen MR) is 104 cm³/mol. The molecule has 2 heterocycles. The lowest BCUT2D eigenvalue weighted by atomic mass is 9.89. The van der Waals surface area contributed by atoms with Crippen molar-refractivity contribution in [3.05, 3.63) is 58.2 Å². The molecule has 3 amide bonds. The maximum absolute atomic E-state index is 12.6. The van der Waals surface area contributed by atoms with Crippen molar-refractivity contribution in [2.75, 3.05) is 0 Å². The van der Waals surface area contributed by atoms with Crippen LogP contribution in [0.15, 0.2) is 52.0 Å². The summed E-state index contributed by atoms with van der Waals surface area (Å²) in [5.74, 6) is -1.86. The van der Waals surface area contributed by atoms with Gasteiger partial charge in [-0.15, -0.1) is 11.3 Å². The largest absolute Gasteiger partial charge is 0.459 e. The van der Waals surface area contributed by atoms with E-state index in [1.165, 1.54) is 35.8 Å². The molecule has 2 aromatic rings. The average Bonchev–Trinajstić information content (AvgIpc) is 3.38. The minimum absolute atomic E-state index is 0.0291. The van der Waals surface area contributed by atoms with E-state index in [9.17, 15) is 24.6 Å². The molecule has 1 aliphatic rings. The van der Waals surface area contributed by atoms with E-state index in [0.717, 1.165) is 4.88 Å². The van der Waals surface area contributed by atoms with E-state index in [1.54, 1.807) is 0 Å². The number of nitrogens with two attached hydrogens (primary N) is 1. The van der Waals surface area contributed by atoms with Gasteiger partial charge in [0.1, 0.15) is 12.1 Å². The monoisotopic (exact) mass is 419 g/mol. The minimum atomic E-state index is -1.30. The highest BCUT2D eigenvalue weighted by atomic mass is 32.1. The Morgan fingerprint density at radius 3 is 2.66 bits per heavy atom. The fraction of sp³-hybridized carbons (Fsp3) is 0.316. The normalized spacial score (nSPS) is 22.4. The Balaban J connectivity index is 1.72. The zero-order valence-electron chi connectivity index (χ0n) is 15.3. The Kier molecular flexibility index (Phi) is 6.47. The second kappa shape index (κ2) is 9.03. The first-order chi connectivity index (χ1) is 13.8. The third-order valence-corrected chi connectivity index (χ3v) is 5.44. The molecule has 0 saturated heterocycles. The van der Waals surface area contributed by atoms with Crippen LogP contribution in [0, 0.1) is 0 Å². The lowest BCUT2D eigenvalue weighted by molar-refractivity contribution is -0.125. The van der Waals surface area contributed by atoms with Gasteiger partial charge in [-0.05, 0) is 23.6 Å². The van der Waals surface area contributed by atoms with Crippen LogP contribution >= 0.6 is 11.3 Å². The van der Waals surface area contributed by atoms with E-state index in [0.29, 0.717) is 0 Å². The first kappa shape index (κ1) is 20.8. The molecular weight excluding hydrogens is 398 g/mol. The van der Waals surface area contributed by atoms with Crippen molar-refractivity contribution in [3.63, 3.8) is 0 Å². The number of carbonyl (C=O) groups excluding carboxylic acids is 3. The summed E-state index contributed by atoms with van der Waals surface area (Å²) in [4.78, 5) is 37.4. The van der Waals surface area contributed by atoms with Gasteiger partial charge in [0.2, 0.25) is 11.8 Å². The highest BCUT2D eigenvalue weighted by Crippen LogP contribution is 2.21. The van der Waals surface area contributed by atoms with Crippen LogP contribution in [0.5, 0.6) is 0 Å². The maximum atomic E-state index is 12.6. The summed E-state index contributed by atoms with van der Waals surface area (Å²) >= 11 is 1.43. The third kappa shape index (κ3) is 5.11. The van der Waals surface area contributed by atoms with Gasteiger partial charge < -0.3 is 31.0 Å². The van der Waals surface area contributed by atoms with Gasteiger partial charge >= 0.3 is 0 Å². The number of hydrogen-bond acceptors (Lipinski definition) is 7. The number of rotatable bonds is 7. The van der Waals surface area contributed by atoms with Gasteiger partial charge in [-0.1, -0.05) is 12.1 Å². The van der Waals surface area contributed by atoms with Gasteiger partial charge in [-0.3, -0.25) is 14.4 Å². The second-order valence-electron chi connectivity index (χ2n) is 6.64. The van der Waals surface area contributed by atoms with Crippen LogP contribution in [-0.4, -0.2) is 52.2 Å². The summed E-state index contributed by atoms with van der Waals surface area (Å²) in [6.07, 6.45) is 0.223. The van der Waals surface area contributed by atoms with Crippen LogP contribution in [0.2, 0.25) is 0 Å². The fourth-order valence-electron chi connectivity index (χ4n) is 3.00. The second-order valence-corrected chi connectivity index (χ2v) is 7.67. The molecular formula is C19H21N3O6S. The Labute approximate surface area is 170 Å². The molecule has 2 aromatic heterocycles. The highest BCUT2D eigenvalue weighted by molar-refractivity contribution is 7.09. The number of nitrogens with one attached hydrogen (secondary N) is 2. The third-order valence-electron chi connectivity index (χ3n) is 4.54. The molecule has 3 rings (SSSR count). The van der Waals surface area contributed by atoms with E-state index in [4.69, 9.17) is 10.2 Å². The highest BCUT2D eigenvalue weighted by Gasteiger charge is 2.35. The van der Waals surface area contributed by atoms with Crippen LogP contribution in [-0.2, 0) is 16.0 Å². The molecule has 9 nitrogen and oxygen atoms in total. The molecule has 4 atom stereocenters. The van der Waals surface area contributed by atoms with Gasteiger partial charge in [0.15, 0.2) is 5.76 Å². The van der Waals surface area contributed by atoms with E-state index in [-0.39, 0.29) is 24.2 Å². The number of furan rings is 1. The zero-order valence-corrected chi connectivity index (χ0v) is 16.1. The van der Waals surface area contributed by atoms with Gasteiger partial charge in [-0.25, -0.2) is 0 Å². The van der Waals surface area contributed by atoms with Crippen LogP contribution in [0.4, 0.5) is 0 Å². The molecule has 0 aliphatic heterocycles. The standard InChI is InChI=1S/C19H21N3O6S/c20-17(25)13(9-11-3-2-6-29-11)22-18(26)10-7-12(16(24)14(23)8-10)21-19(27)15-4-1-5-28-15/h1-7,12-14,16,23-24H,8-9H2,(H2,20,25)(H,21,27)(H,22,26)/t12-,13+,14-,16-/m1/s1. The summed E-state index contributed by atoms with van der Waals surface area (Å²) in [6, 6.07) is 4.69. The molecule has 0 aromatic carbocycles. The molecule has 0 radical (unpaired) electrons. The summed E-state index contributed by atoms with van der Waals surface area (Å²) in [7, 11) is 0. The van der Waals surface area contributed by atoms with Gasteiger partial charge in [-0.2, -0.15) is 0 Å². The zero-order chi connectivity index (χ0) is 21.0. The summed E-state index contributed by atoms with van der Waals surface area (Å²) in [5, 5.41) is 27.2. The van der Waals surface area contributed by atoms with Crippen molar-refractivity contribution in [3.8, 4) is 0 Å². The van der Waals surface area contributed by atoms with Crippen molar-refractivity contribution in [1.82, 2.24) is 10.6 Å². The maximum Gasteiger partial charge on any atom is 0.287 e. The number of hydrogen-bond donors (Lipinski definition) is 5. The molecule has 0 unspecified atom stereocenters. The van der Waals surface area contributed by atoms with E-state index >= 15 is 0 Å². The van der Waals surface area contributed by atoms with Crippen LogP contribution in [0.25, 0.3) is 0 Å². The van der Waals surface area contributed by atoms with Gasteiger partial charge in [0.25, 0.3) is 5.91 Å². The Morgan fingerprint density at radius 1 is 1.24 bits per heavy atom. The van der Waals surface area contributed by atoms with Crippen LogP contribution in [0.3, 0.4) is 0 Å². The topological polar surface area (TPSA) is 155 Å². The molecule has 154 valence electrons.